The molecule has 0 radical (unpaired) electrons. The number of hydrogen-bond acceptors (Lipinski definition) is 6. The lowest BCUT2D eigenvalue weighted by Crippen LogP contribution is -2.52. The fourth-order valence-corrected chi connectivity index (χ4v) is 3.11. The Balaban J connectivity index is 2.10. The van der Waals surface area contributed by atoms with E-state index in [9.17, 15) is 23.3 Å². The zero-order chi connectivity index (χ0) is 18.2. The second kappa shape index (κ2) is 6.15. The predicted molar refractivity (Wildman–Crippen MR) is 90.1 cm³/mol. The lowest BCUT2D eigenvalue weighted by Gasteiger charge is -2.37. The van der Waals surface area contributed by atoms with E-state index in [2.05, 4.69) is 10.1 Å². The second-order valence-electron chi connectivity index (χ2n) is 5.48. The number of benzene rings is 2. The lowest BCUT2D eigenvalue weighted by atomic mass is 10.0. The largest absolute Gasteiger partial charge is 0.360 e. The van der Waals surface area contributed by atoms with Crippen LogP contribution in [0.4, 0.5) is 11.4 Å². The fraction of sp³-hybridized carbons (Fsp3) is 0.133. The molecule has 0 spiro atoms. The topological polar surface area (TPSA) is 122 Å². The van der Waals surface area contributed by atoms with Gasteiger partial charge in [0, 0.05) is 23.4 Å². The summed E-state index contributed by atoms with van der Waals surface area (Å²) in [5.41, 5.74) is 1.01. The highest BCUT2D eigenvalue weighted by Gasteiger charge is 2.35. The third kappa shape index (κ3) is 3.44. The van der Waals surface area contributed by atoms with Gasteiger partial charge in [0.2, 0.25) is 10.0 Å². The third-order valence-electron chi connectivity index (χ3n) is 3.59. The molecule has 0 aromatic heterocycles. The van der Waals surface area contributed by atoms with Gasteiger partial charge in [-0.1, -0.05) is 24.3 Å². The van der Waals surface area contributed by atoms with Crippen molar-refractivity contribution in [3.8, 4) is 0 Å². The zero-order valence-corrected chi connectivity index (χ0v) is 13.9. The maximum atomic E-state index is 12.7. The van der Waals surface area contributed by atoms with Crippen molar-refractivity contribution >= 4 is 27.3 Å². The number of hydrogen-bond donors (Lipinski definition) is 2. The van der Waals surface area contributed by atoms with Gasteiger partial charge in [-0.05, 0) is 12.1 Å². The van der Waals surface area contributed by atoms with Crippen LogP contribution in [0.15, 0.2) is 48.5 Å². The van der Waals surface area contributed by atoms with Gasteiger partial charge in [0.05, 0.1) is 16.7 Å². The van der Waals surface area contributed by atoms with Gasteiger partial charge in [0.1, 0.15) is 6.17 Å². The average Bonchev–Trinajstić information content (AvgIpc) is 2.56. The van der Waals surface area contributed by atoms with Crippen LogP contribution in [0.25, 0.3) is 0 Å². The van der Waals surface area contributed by atoms with Gasteiger partial charge in [-0.3, -0.25) is 14.9 Å². The molecule has 0 aliphatic carbocycles. The van der Waals surface area contributed by atoms with Crippen LogP contribution in [0.3, 0.4) is 0 Å². The summed E-state index contributed by atoms with van der Waals surface area (Å²) in [6, 6.07) is 12.3. The highest BCUT2D eigenvalue weighted by molar-refractivity contribution is 7.88. The summed E-state index contributed by atoms with van der Waals surface area (Å²) < 4.78 is 23.3. The molecule has 9 nitrogen and oxygen atoms in total. The third-order valence-corrected chi connectivity index (χ3v) is 4.12. The summed E-state index contributed by atoms with van der Waals surface area (Å²) in [5, 5.41) is 15.0. The van der Waals surface area contributed by atoms with Crippen molar-refractivity contribution in [3.63, 3.8) is 0 Å². The SMILES string of the molecule is CS(=O)(=O)NN1C(=O)c2ccccc2N[C@H]1c1cccc([N+](=O)[O-])c1. The number of nitrogens with zero attached hydrogens (tertiary/aromatic N) is 2. The fourth-order valence-electron chi connectivity index (χ4n) is 2.57. The standard InChI is InChI=1S/C15H14N4O5S/c1-25(23,24)17-18-14(10-5-4-6-11(9-10)19(21)22)16-13-8-3-2-7-12(13)15(18)20/h2-9,14,16-17H,1H3/t14-/m1/s1. The molecular weight excluding hydrogens is 348 g/mol. The second-order valence-corrected chi connectivity index (χ2v) is 7.21. The molecular formula is C15H14N4O5S. The Morgan fingerprint density at radius 3 is 2.60 bits per heavy atom. The molecule has 3 rings (SSSR count). The number of carbonyl (C=O) groups excluding carboxylic acids is 1. The number of sulfonamides is 1. The van der Waals surface area contributed by atoms with Crippen molar-refractivity contribution in [1.29, 1.82) is 0 Å². The molecule has 0 unspecified atom stereocenters. The van der Waals surface area contributed by atoms with Crippen LogP contribution in [0.5, 0.6) is 0 Å². The molecule has 25 heavy (non-hydrogen) atoms. The van der Waals surface area contributed by atoms with E-state index in [4.69, 9.17) is 0 Å². The Kier molecular flexibility index (Phi) is 4.15. The number of nitro benzene ring substituents is 1. The molecule has 0 saturated heterocycles. The number of rotatable bonds is 4. The van der Waals surface area contributed by atoms with Gasteiger partial charge in [-0.25, -0.2) is 13.4 Å². The van der Waals surface area contributed by atoms with E-state index in [-0.39, 0.29) is 5.69 Å². The molecule has 0 bridgehead atoms. The number of amides is 1. The molecule has 2 aromatic rings. The molecule has 1 aliphatic rings. The molecule has 1 aliphatic heterocycles. The van der Waals surface area contributed by atoms with Gasteiger partial charge in [-0.2, -0.15) is 0 Å². The van der Waals surface area contributed by atoms with Crippen LogP contribution in [0, 0.1) is 10.1 Å². The number of anilines is 1. The first-order valence-corrected chi connectivity index (χ1v) is 9.06. The van der Waals surface area contributed by atoms with Crippen molar-refractivity contribution in [2.45, 2.75) is 6.17 Å². The van der Waals surface area contributed by atoms with E-state index >= 15 is 0 Å². The molecule has 0 saturated carbocycles. The van der Waals surface area contributed by atoms with Crippen molar-refractivity contribution in [3.05, 3.63) is 69.8 Å². The zero-order valence-electron chi connectivity index (χ0n) is 13.0. The monoisotopic (exact) mass is 362 g/mol. The van der Waals surface area contributed by atoms with Gasteiger partial charge in [-0.15, -0.1) is 4.83 Å². The number of carbonyl (C=O) groups is 1. The van der Waals surface area contributed by atoms with Crippen LogP contribution in [0.2, 0.25) is 0 Å². The molecule has 1 heterocycles. The van der Waals surface area contributed by atoms with Gasteiger partial charge in [0.25, 0.3) is 11.6 Å². The first-order chi connectivity index (χ1) is 11.8. The molecule has 10 heteroatoms. The van der Waals surface area contributed by atoms with Crippen molar-refractivity contribution < 1.29 is 18.1 Å². The predicted octanol–water partition coefficient (Wildman–Crippen LogP) is 1.63. The molecule has 130 valence electrons. The first-order valence-electron chi connectivity index (χ1n) is 7.17. The van der Waals surface area contributed by atoms with Crippen LogP contribution >= 0.6 is 0 Å². The van der Waals surface area contributed by atoms with Crippen LogP contribution in [-0.2, 0) is 10.0 Å². The van der Waals surface area contributed by atoms with Crippen LogP contribution < -0.4 is 10.1 Å². The minimum absolute atomic E-state index is 0.162. The number of nitro groups is 1. The van der Waals surface area contributed by atoms with Crippen molar-refractivity contribution in [2.24, 2.45) is 0 Å². The number of fused-ring (bicyclic) bond motifs is 1. The highest BCUT2D eigenvalue weighted by atomic mass is 32.2. The van der Waals surface area contributed by atoms with E-state index in [1.54, 1.807) is 30.3 Å². The summed E-state index contributed by atoms with van der Waals surface area (Å²) >= 11 is 0. The molecule has 2 aromatic carbocycles. The minimum Gasteiger partial charge on any atom is -0.360 e. The maximum Gasteiger partial charge on any atom is 0.273 e. The van der Waals surface area contributed by atoms with E-state index in [0.29, 0.717) is 16.8 Å². The average molecular weight is 362 g/mol. The minimum atomic E-state index is -3.75. The summed E-state index contributed by atoms with van der Waals surface area (Å²) in [7, 11) is -3.75. The Bertz CT molecular complexity index is 960. The highest BCUT2D eigenvalue weighted by Crippen LogP contribution is 2.33. The Morgan fingerprint density at radius 2 is 1.92 bits per heavy atom. The Hall–Kier alpha value is -2.98. The molecule has 0 fully saturated rings. The van der Waals surface area contributed by atoms with Gasteiger partial charge >= 0.3 is 0 Å². The Labute approximate surface area is 143 Å². The smallest absolute Gasteiger partial charge is 0.273 e. The number of non-ortho nitro benzene ring substituents is 1. The van der Waals surface area contributed by atoms with Gasteiger partial charge < -0.3 is 5.32 Å². The summed E-state index contributed by atoms with van der Waals surface area (Å²) in [6.07, 6.45) is -0.0114. The normalized spacial score (nSPS) is 16.9. The van der Waals surface area contributed by atoms with Crippen LogP contribution in [-0.4, -0.2) is 30.5 Å². The summed E-state index contributed by atoms with van der Waals surface area (Å²) in [4.78, 5) is 25.3. The van der Waals surface area contributed by atoms with E-state index in [1.165, 1.54) is 18.2 Å². The van der Waals surface area contributed by atoms with E-state index in [0.717, 1.165) is 11.3 Å². The molecule has 1 atom stereocenters. The number of hydrazine groups is 1. The quantitative estimate of drug-likeness (QED) is 0.630. The lowest BCUT2D eigenvalue weighted by molar-refractivity contribution is -0.384. The van der Waals surface area contributed by atoms with Crippen molar-refractivity contribution in [2.75, 3.05) is 11.6 Å². The van der Waals surface area contributed by atoms with E-state index < -0.39 is 27.0 Å². The van der Waals surface area contributed by atoms with Gasteiger partial charge in [0.15, 0.2) is 0 Å². The molecule has 1 amide bonds. The first kappa shape index (κ1) is 16.9. The molecule has 2 N–H and O–H groups in total. The summed E-state index contributed by atoms with van der Waals surface area (Å²) in [6.45, 7) is 0. The number of nitrogens with one attached hydrogen (secondary N) is 2. The van der Waals surface area contributed by atoms with E-state index in [1.807, 2.05) is 0 Å². The Morgan fingerprint density at radius 1 is 1.20 bits per heavy atom. The number of para-hydroxylation sites is 1. The maximum absolute atomic E-state index is 12.7. The van der Waals surface area contributed by atoms with Crippen LogP contribution in [0.1, 0.15) is 22.1 Å². The summed E-state index contributed by atoms with van der Waals surface area (Å²) in [5.74, 6) is -0.559. The van der Waals surface area contributed by atoms with Crippen molar-refractivity contribution in [1.82, 2.24) is 9.84 Å².